The lowest BCUT2D eigenvalue weighted by molar-refractivity contribution is 0.628. The normalized spacial score (nSPS) is 10.4. The van der Waals surface area contributed by atoms with E-state index in [9.17, 15) is 4.39 Å². The first-order valence-electron chi connectivity index (χ1n) is 7.66. The second-order valence-corrected chi connectivity index (χ2v) is 5.40. The summed E-state index contributed by atoms with van der Waals surface area (Å²) < 4.78 is 13.0. The van der Waals surface area contributed by atoms with E-state index in [1.165, 1.54) is 17.7 Å². The molecule has 3 rings (SSSR count). The molecule has 122 valence electrons. The molecule has 0 aliphatic rings. The molecule has 0 saturated heterocycles. The third-order valence-corrected chi connectivity index (χ3v) is 3.62. The monoisotopic (exact) mass is 323 g/mol. The van der Waals surface area contributed by atoms with Gasteiger partial charge in [0, 0.05) is 37.9 Å². The fraction of sp³-hybridized carbons (Fsp3) is 0.167. The van der Waals surface area contributed by atoms with Gasteiger partial charge in [0.15, 0.2) is 0 Å². The molecule has 0 aliphatic heterocycles. The molecule has 1 aromatic carbocycles. The zero-order chi connectivity index (χ0) is 16.8. The first-order valence-corrected chi connectivity index (χ1v) is 7.66. The van der Waals surface area contributed by atoms with Crippen LogP contribution < -0.4 is 10.2 Å². The van der Waals surface area contributed by atoms with Crippen LogP contribution in [0.1, 0.15) is 5.56 Å². The number of nitrogens with one attached hydrogen (secondary N) is 1. The van der Waals surface area contributed by atoms with Crippen molar-refractivity contribution < 1.29 is 4.39 Å². The summed E-state index contributed by atoms with van der Waals surface area (Å²) in [6, 6.07) is 12.0. The van der Waals surface area contributed by atoms with Crippen LogP contribution in [0.3, 0.4) is 0 Å². The lowest BCUT2D eigenvalue weighted by Gasteiger charge is -2.18. The highest BCUT2D eigenvalue weighted by Gasteiger charge is 2.05. The van der Waals surface area contributed by atoms with Gasteiger partial charge < -0.3 is 10.2 Å². The third kappa shape index (κ3) is 4.25. The van der Waals surface area contributed by atoms with Gasteiger partial charge in [-0.25, -0.2) is 9.37 Å². The van der Waals surface area contributed by atoms with Crippen LogP contribution in [0.5, 0.6) is 0 Å². The maximum absolute atomic E-state index is 13.0. The number of aromatic nitrogens is 3. The van der Waals surface area contributed by atoms with Crippen molar-refractivity contribution in [3.05, 3.63) is 72.4 Å². The first kappa shape index (κ1) is 15.9. The highest BCUT2D eigenvalue weighted by atomic mass is 19.1. The molecule has 5 nitrogen and oxygen atoms in total. The Morgan fingerprint density at radius 3 is 2.50 bits per heavy atom. The van der Waals surface area contributed by atoms with E-state index in [2.05, 4.69) is 25.2 Å². The minimum Gasteiger partial charge on any atom is -0.359 e. The summed E-state index contributed by atoms with van der Waals surface area (Å²) in [5.74, 6) is 1.03. The zero-order valence-corrected chi connectivity index (χ0v) is 13.4. The number of nitrogens with zero attached hydrogens (tertiary/aromatic N) is 4. The Labute approximate surface area is 140 Å². The molecule has 0 fully saturated rings. The average molecular weight is 323 g/mol. The molecule has 0 bridgehead atoms. The largest absolute Gasteiger partial charge is 0.359 e. The highest BCUT2D eigenvalue weighted by molar-refractivity contribution is 5.54. The smallest absolute Gasteiger partial charge is 0.229 e. The van der Waals surface area contributed by atoms with E-state index in [1.54, 1.807) is 30.7 Å². The second kappa shape index (κ2) is 7.50. The predicted octanol–water partition coefficient (Wildman–Crippen LogP) is 3.43. The van der Waals surface area contributed by atoms with Crippen molar-refractivity contribution in [3.63, 3.8) is 0 Å². The van der Waals surface area contributed by atoms with Gasteiger partial charge in [0.1, 0.15) is 11.6 Å². The van der Waals surface area contributed by atoms with Crippen LogP contribution in [-0.2, 0) is 6.42 Å². The Hall–Kier alpha value is -3.02. The van der Waals surface area contributed by atoms with Crippen LogP contribution in [-0.4, -0.2) is 28.5 Å². The number of rotatable bonds is 6. The quantitative estimate of drug-likeness (QED) is 0.753. The molecular weight excluding hydrogens is 305 g/mol. The second-order valence-electron chi connectivity index (χ2n) is 5.40. The summed E-state index contributed by atoms with van der Waals surface area (Å²) in [6.07, 6.45) is 6.20. The average Bonchev–Trinajstić information content (AvgIpc) is 2.63. The molecule has 6 heteroatoms. The van der Waals surface area contributed by atoms with Crippen LogP contribution >= 0.6 is 0 Å². The van der Waals surface area contributed by atoms with Crippen molar-refractivity contribution in [1.29, 1.82) is 0 Å². The molecule has 0 atom stereocenters. The number of benzene rings is 1. The van der Waals surface area contributed by atoms with E-state index in [0.717, 1.165) is 24.5 Å². The number of halogens is 1. The Morgan fingerprint density at radius 1 is 1.00 bits per heavy atom. The molecule has 2 aromatic heterocycles. The van der Waals surface area contributed by atoms with Gasteiger partial charge in [0.25, 0.3) is 0 Å². The summed E-state index contributed by atoms with van der Waals surface area (Å²) >= 11 is 0. The van der Waals surface area contributed by atoms with Crippen molar-refractivity contribution in [2.45, 2.75) is 6.42 Å². The molecule has 2 heterocycles. The maximum Gasteiger partial charge on any atom is 0.229 e. The number of pyridine rings is 1. The van der Waals surface area contributed by atoms with Gasteiger partial charge >= 0.3 is 0 Å². The van der Waals surface area contributed by atoms with Gasteiger partial charge in [-0.05, 0) is 54.4 Å². The third-order valence-electron chi connectivity index (χ3n) is 3.62. The molecule has 0 unspecified atom stereocenters. The van der Waals surface area contributed by atoms with Crippen LogP contribution in [0.4, 0.5) is 21.8 Å². The Kier molecular flexibility index (Phi) is 4.96. The van der Waals surface area contributed by atoms with E-state index in [4.69, 9.17) is 0 Å². The Balaban J connectivity index is 1.64. The number of anilines is 3. The van der Waals surface area contributed by atoms with Gasteiger partial charge in [-0.3, -0.25) is 4.98 Å². The molecule has 0 spiro atoms. The van der Waals surface area contributed by atoms with Crippen LogP contribution in [0, 0.1) is 5.82 Å². The number of hydrogen-bond donors (Lipinski definition) is 1. The topological polar surface area (TPSA) is 53.9 Å². The van der Waals surface area contributed by atoms with Gasteiger partial charge in [-0.2, -0.15) is 4.98 Å². The zero-order valence-electron chi connectivity index (χ0n) is 13.4. The predicted molar refractivity (Wildman–Crippen MR) is 92.9 cm³/mol. The van der Waals surface area contributed by atoms with E-state index in [1.807, 2.05) is 25.2 Å². The molecule has 0 saturated carbocycles. The van der Waals surface area contributed by atoms with Crippen molar-refractivity contribution in [1.82, 2.24) is 15.0 Å². The SMILES string of the molecule is CN(CCc1ccncc1)c1ccnc(Nc2ccc(F)cc2)n1. The summed E-state index contributed by atoms with van der Waals surface area (Å²) in [6.45, 7) is 0.830. The maximum atomic E-state index is 13.0. The molecule has 0 aliphatic carbocycles. The number of likely N-dealkylation sites (N-methyl/N-ethyl adjacent to an activating group) is 1. The van der Waals surface area contributed by atoms with Gasteiger partial charge in [0.2, 0.25) is 5.95 Å². The lowest BCUT2D eigenvalue weighted by atomic mass is 10.2. The van der Waals surface area contributed by atoms with Crippen LogP contribution in [0.25, 0.3) is 0 Å². The van der Waals surface area contributed by atoms with Crippen molar-refractivity contribution in [2.24, 2.45) is 0 Å². The summed E-state index contributed by atoms with van der Waals surface area (Å²) in [5, 5.41) is 3.08. The van der Waals surface area contributed by atoms with E-state index in [0.29, 0.717) is 5.95 Å². The number of hydrogen-bond acceptors (Lipinski definition) is 5. The molecule has 3 aromatic rings. The molecule has 24 heavy (non-hydrogen) atoms. The van der Waals surface area contributed by atoms with E-state index >= 15 is 0 Å². The van der Waals surface area contributed by atoms with Gasteiger partial charge in [-0.1, -0.05) is 0 Å². The first-order chi connectivity index (χ1) is 11.7. The van der Waals surface area contributed by atoms with E-state index < -0.39 is 0 Å². The molecular formula is C18H18FN5. The molecule has 1 N–H and O–H groups in total. The Bertz CT molecular complexity index is 777. The van der Waals surface area contributed by atoms with Crippen molar-refractivity contribution in [3.8, 4) is 0 Å². The highest BCUT2D eigenvalue weighted by Crippen LogP contribution is 2.16. The van der Waals surface area contributed by atoms with Gasteiger partial charge in [0.05, 0.1) is 0 Å². The lowest BCUT2D eigenvalue weighted by Crippen LogP contribution is -2.21. The fourth-order valence-electron chi connectivity index (χ4n) is 2.25. The van der Waals surface area contributed by atoms with Crippen molar-refractivity contribution in [2.75, 3.05) is 23.8 Å². The fourth-order valence-corrected chi connectivity index (χ4v) is 2.25. The van der Waals surface area contributed by atoms with Crippen molar-refractivity contribution >= 4 is 17.5 Å². The summed E-state index contributed by atoms with van der Waals surface area (Å²) in [7, 11) is 1.99. The van der Waals surface area contributed by atoms with Gasteiger partial charge in [-0.15, -0.1) is 0 Å². The standard InChI is InChI=1S/C18H18FN5/c1-24(13-9-14-6-10-20-11-7-14)17-8-12-21-18(23-17)22-16-4-2-15(19)3-5-16/h2-8,10-12H,9,13H2,1H3,(H,21,22,23). The van der Waals surface area contributed by atoms with Crippen LogP contribution in [0.2, 0.25) is 0 Å². The van der Waals surface area contributed by atoms with Crippen LogP contribution in [0.15, 0.2) is 61.1 Å². The van der Waals surface area contributed by atoms with E-state index in [-0.39, 0.29) is 5.82 Å². The summed E-state index contributed by atoms with van der Waals surface area (Å²) in [5.41, 5.74) is 1.98. The molecule has 0 amide bonds. The minimum atomic E-state index is -0.272. The molecule has 0 radical (unpaired) electrons. The minimum absolute atomic E-state index is 0.272. The Morgan fingerprint density at radius 2 is 1.75 bits per heavy atom. The summed E-state index contributed by atoms with van der Waals surface area (Å²) in [4.78, 5) is 14.8.